The highest BCUT2D eigenvalue weighted by Gasteiger charge is 2.23. The van der Waals surface area contributed by atoms with Crippen LogP contribution in [0.3, 0.4) is 0 Å². The molecule has 0 unspecified atom stereocenters. The smallest absolute Gasteiger partial charge is 0.145 e. The zero-order valence-corrected chi connectivity index (χ0v) is 31.7. The van der Waals surface area contributed by atoms with Gasteiger partial charge in [0.2, 0.25) is 0 Å². The van der Waals surface area contributed by atoms with E-state index in [4.69, 9.17) is 20.9 Å². The lowest BCUT2D eigenvalue weighted by Gasteiger charge is -2.27. The molecule has 0 saturated heterocycles. The summed E-state index contributed by atoms with van der Waals surface area (Å²) in [4.78, 5) is 1.01. The Bertz CT molecular complexity index is 4650. The first-order valence-corrected chi connectivity index (χ1v) is 19.2. The molecule has 12 rings (SSSR count). The van der Waals surface area contributed by atoms with Crippen molar-refractivity contribution < 1.29 is 31.8 Å². The molecule has 2 aromatic heterocycles. The summed E-state index contributed by atoms with van der Waals surface area (Å²) in [7, 11) is 0. The van der Waals surface area contributed by atoms with Crippen molar-refractivity contribution in [3.63, 3.8) is 0 Å². The van der Waals surface area contributed by atoms with Gasteiger partial charge in [-0.1, -0.05) is 163 Å². The van der Waals surface area contributed by atoms with E-state index in [1.807, 2.05) is 60.7 Å². The van der Waals surface area contributed by atoms with Crippen molar-refractivity contribution in [1.82, 2.24) is 4.57 Å². The normalized spacial score (nSPS) is 16.2. The third kappa shape index (κ3) is 5.82. The van der Waals surface area contributed by atoms with Crippen molar-refractivity contribution >= 4 is 71.6 Å². The predicted octanol–water partition coefficient (Wildman–Crippen LogP) is 16.3. The fourth-order valence-corrected chi connectivity index (χ4v) is 8.05. The lowest BCUT2D eigenvalue weighted by Crippen LogP contribution is -2.10. The van der Waals surface area contributed by atoms with Crippen molar-refractivity contribution in [2.75, 3.05) is 4.90 Å². The summed E-state index contributed by atoms with van der Waals surface area (Å²) in [6, 6.07) is 17.0. The zero-order valence-electron chi connectivity index (χ0n) is 51.7. The van der Waals surface area contributed by atoms with E-state index in [0.717, 1.165) is 32.4 Å². The van der Waals surface area contributed by atoms with Gasteiger partial charge in [-0.25, -0.2) is 0 Å². The Kier molecular flexibility index (Phi) is 4.74. The molecule has 286 valence electrons. The number of anilines is 3. The second-order valence-electron chi connectivity index (χ2n) is 14.1. The number of fused-ring (bicyclic) bond motifs is 7. The molecule has 10 aromatic carbocycles. The van der Waals surface area contributed by atoms with E-state index in [-0.39, 0.29) is 16.7 Å². The van der Waals surface area contributed by atoms with E-state index in [1.165, 1.54) is 6.07 Å². The molecule has 0 bridgehead atoms. The van der Waals surface area contributed by atoms with Crippen molar-refractivity contribution in [1.29, 1.82) is 0 Å². The number of rotatable bonds is 7. The Morgan fingerprint density at radius 2 is 1.05 bits per heavy atom. The van der Waals surface area contributed by atoms with Gasteiger partial charge in [0.25, 0.3) is 0 Å². The van der Waals surface area contributed by atoms with Gasteiger partial charge in [-0.15, -0.1) is 0 Å². The summed E-state index contributed by atoms with van der Waals surface area (Å²) in [6.45, 7) is 0. The SMILES string of the molecule is [2H]c1c([2H])c([2H])c(-c2c([2H])c([2H])c(N(c3c([2H])c([2H])c(-c4c([2H])c([2H])c([2H])c5c([2H])c([2H])c([2H])c([2H])c45)c([2H])c3[2H])c3ccc(-c4cccc(-n5c6ccccc6c6ccccc65)c4)c4oc5ccccc5c34)c([2H])c2[2H])c([2H])c1[2H]. The summed E-state index contributed by atoms with van der Waals surface area (Å²) >= 11 is 0. The van der Waals surface area contributed by atoms with Crippen LogP contribution in [-0.4, -0.2) is 4.57 Å². The maximum atomic E-state index is 9.89. The van der Waals surface area contributed by atoms with E-state index < -0.39 is 165 Å². The van der Waals surface area contributed by atoms with Crippen LogP contribution in [0.25, 0.3) is 93.6 Å². The molecule has 3 heteroatoms. The van der Waals surface area contributed by atoms with Gasteiger partial charge in [-0.3, -0.25) is 0 Å². The first-order valence-electron chi connectivity index (χ1n) is 29.2. The van der Waals surface area contributed by atoms with Crippen molar-refractivity contribution in [2.45, 2.75) is 0 Å². The number of benzene rings is 10. The van der Waals surface area contributed by atoms with Gasteiger partial charge in [-0.2, -0.15) is 0 Å². The second-order valence-corrected chi connectivity index (χ2v) is 14.1. The molecule has 0 fully saturated rings. The first kappa shape index (κ1) is 20.2. The molecule has 2 heterocycles. The van der Waals surface area contributed by atoms with E-state index in [0.29, 0.717) is 22.1 Å². The van der Waals surface area contributed by atoms with Gasteiger partial charge in [-0.05, 0) is 105 Å². The van der Waals surface area contributed by atoms with Crippen LogP contribution in [0.2, 0.25) is 0 Å². The van der Waals surface area contributed by atoms with E-state index in [9.17, 15) is 11.0 Å². The van der Waals surface area contributed by atoms with E-state index >= 15 is 0 Å². The number of aromatic nitrogens is 1. The maximum absolute atomic E-state index is 9.89. The summed E-state index contributed by atoms with van der Waals surface area (Å²) in [5.74, 6) is 0. The van der Waals surface area contributed by atoms with Gasteiger partial charge in [0.05, 0.1) is 49.5 Å². The third-order valence-corrected chi connectivity index (χ3v) is 10.7. The van der Waals surface area contributed by atoms with Gasteiger partial charge in [0.15, 0.2) is 0 Å². The molecule has 0 spiro atoms. The molecule has 0 N–H and O–H groups in total. The average Bonchev–Trinajstić information content (AvgIpc) is 3.09. The molecular formula is C58H38N2O. The minimum Gasteiger partial charge on any atom is -0.455 e. The van der Waals surface area contributed by atoms with Crippen LogP contribution < -0.4 is 4.90 Å². The number of para-hydroxylation sites is 3. The van der Waals surface area contributed by atoms with Crippen LogP contribution in [-0.2, 0) is 0 Å². The summed E-state index contributed by atoms with van der Waals surface area (Å²) in [6.07, 6.45) is 0. The average molecular weight is 799 g/mol. The minimum absolute atomic E-state index is 0.0603. The number of hydrogen-bond donors (Lipinski definition) is 0. The Labute approximate surface area is 381 Å². The largest absolute Gasteiger partial charge is 0.455 e. The summed E-state index contributed by atoms with van der Waals surface area (Å²) in [5.41, 5.74) is 0.390. The molecule has 0 aliphatic heterocycles. The lowest BCUT2D eigenvalue weighted by molar-refractivity contribution is 0.670. The van der Waals surface area contributed by atoms with Gasteiger partial charge in [0, 0.05) is 38.8 Å². The fraction of sp³-hybridized carbons (Fsp3) is 0. The Hall–Kier alpha value is -8.14. The molecule has 0 aliphatic carbocycles. The van der Waals surface area contributed by atoms with Gasteiger partial charge < -0.3 is 13.9 Å². The molecule has 0 aliphatic rings. The quantitative estimate of drug-likeness (QED) is 0.160. The predicted molar refractivity (Wildman–Crippen MR) is 257 cm³/mol. The Morgan fingerprint density at radius 1 is 0.426 bits per heavy atom. The molecule has 0 atom stereocenters. The zero-order chi connectivity index (χ0) is 57.7. The monoisotopic (exact) mass is 798 g/mol. The molecule has 0 amide bonds. The highest BCUT2D eigenvalue weighted by Crippen LogP contribution is 2.47. The second kappa shape index (κ2) is 14.3. The van der Waals surface area contributed by atoms with Crippen LogP contribution in [0.15, 0.2) is 234 Å². The van der Waals surface area contributed by atoms with Crippen molar-refractivity contribution in [2.24, 2.45) is 0 Å². The van der Waals surface area contributed by atoms with Crippen molar-refractivity contribution in [3.05, 3.63) is 230 Å². The van der Waals surface area contributed by atoms with Crippen LogP contribution >= 0.6 is 0 Å². The van der Waals surface area contributed by atoms with Crippen LogP contribution in [0.4, 0.5) is 17.1 Å². The van der Waals surface area contributed by atoms with Crippen LogP contribution in [0.5, 0.6) is 0 Å². The fourth-order valence-electron chi connectivity index (χ4n) is 8.05. The Morgan fingerprint density at radius 3 is 1.80 bits per heavy atom. The maximum Gasteiger partial charge on any atom is 0.145 e. The number of hydrogen-bond acceptors (Lipinski definition) is 2. The molecule has 12 aromatic rings. The molecular weight excluding hydrogens is 741 g/mol. The third-order valence-electron chi connectivity index (χ3n) is 10.7. The number of nitrogens with zero attached hydrogens (tertiary/aromatic N) is 2. The number of furan rings is 1. The van der Waals surface area contributed by atoms with Gasteiger partial charge >= 0.3 is 0 Å². The minimum atomic E-state index is -0.923. The highest BCUT2D eigenvalue weighted by atomic mass is 16.3. The topological polar surface area (TPSA) is 21.3 Å². The first-order chi connectivity index (χ1) is 38.6. The standard InChI is InChI=1S/C58H38N2O/c1-2-14-39(15-3-1)40-28-32-44(33-29-40)59(45-34-30-42(31-35-45)48-24-13-17-41-16-4-5-20-47(41)48)55-37-36-49(58-57(55)52-23-8-11-27-56(52)61-58)43-18-12-19-46(38-43)60-53-25-9-6-21-50(53)51-22-7-10-26-54(51)60/h1-38H/i1D,2D,3D,4D,5D,13D,14D,15D,16D,17D,20D,24D,28D,29D,30D,31D,32D,33D,34D,35D. The van der Waals surface area contributed by atoms with E-state index in [2.05, 4.69) is 16.7 Å². The summed E-state index contributed by atoms with van der Waals surface area (Å²) < 4.78 is 190. The van der Waals surface area contributed by atoms with Crippen LogP contribution in [0.1, 0.15) is 27.4 Å². The lowest BCUT2D eigenvalue weighted by atomic mass is 9.97. The Balaban J connectivity index is 1.18. The molecule has 61 heavy (non-hydrogen) atoms. The summed E-state index contributed by atoms with van der Waals surface area (Å²) in [5, 5.41) is 1.71. The molecule has 0 radical (unpaired) electrons. The van der Waals surface area contributed by atoms with Crippen molar-refractivity contribution in [3.8, 4) is 39.1 Å². The highest BCUT2D eigenvalue weighted by molar-refractivity contribution is 6.17. The van der Waals surface area contributed by atoms with Gasteiger partial charge in [0.1, 0.15) is 11.2 Å². The van der Waals surface area contributed by atoms with Crippen LogP contribution in [0, 0.1) is 0 Å². The molecule has 3 nitrogen and oxygen atoms in total. The van der Waals surface area contributed by atoms with E-state index in [1.54, 1.807) is 30.3 Å². The molecule has 0 saturated carbocycles.